The van der Waals surface area contributed by atoms with Crippen molar-refractivity contribution >= 4 is 41.1 Å². The van der Waals surface area contributed by atoms with E-state index >= 15 is 0 Å². The molecule has 1 aromatic rings. The highest BCUT2D eigenvalue weighted by atomic mass is 35.5. The molecule has 3 N–H and O–H groups in total. The van der Waals surface area contributed by atoms with Crippen molar-refractivity contribution in [2.24, 2.45) is 0 Å². The monoisotopic (exact) mass is 397 g/mol. The number of hydrogen-bond acceptors (Lipinski definition) is 5. The number of carbonyl (C=O) groups excluding carboxylic acids is 1. The van der Waals surface area contributed by atoms with Crippen molar-refractivity contribution in [3.05, 3.63) is 22.8 Å². The van der Waals surface area contributed by atoms with Crippen molar-refractivity contribution < 1.29 is 27.9 Å². The number of alkyl halides is 3. The zero-order valence-electron chi connectivity index (χ0n) is 12.8. The molecule has 1 aliphatic heterocycles. The number of rotatable bonds is 6. The van der Waals surface area contributed by atoms with Crippen molar-refractivity contribution in [3.8, 4) is 0 Å². The number of nitrogens with one attached hydrogen (secondary N) is 2. The number of nitrogens with zero attached hydrogens (tertiary/aromatic N) is 1. The smallest absolute Gasteiger partial charge is 0.417 e. The summed E-state index contributed by atoms with van der Waals surface area (Å²) < 4.78 is 37.6. The Morgan fingerprint density at radius 2 is 2.16 bits per heavy atom. The SMILES string of the molecule is O=C(CCNc1ncc(C(F)(F)F)cc1Cl)NC1(C(=O)O)CCSC1. The number of thioether (sulfide) groups is 1. The van der Waals surface area contributed by atoms with Crippen LogP contribution in [0.2, 0.25) is 5.02 Å². The summed E-state index contributed by atoms with van der Waals surface area (Å²) >= 11 is 7.19. The molecule has 138 valence electrons. The van der Waals surface area contributed by atoms with Gasteiger partial charge in [0.1, 0.15) is 11.4 Å². The lowest BCUT2D eigenvalue weighted by atomic mass is 9.99. The van der Waals surface area contributed by atoms with Crippen molar-refractivity contribution in [2.75, 3.05) is 23.4 Å². The second-order valence-corrected chi connectivity index (χ2v) is 6.98. The lowest BCUT2D eigenvalue weighted by Crippen LogP contribution is -2.55. The van der Waals surface area contributed by atoms with E-state index in [1.165, 1.54) is 11.8 Å². The Kier molecular flexibility index (Phi) is 6.04. The fourth-order valence-electron chi connectivity index (χ4n) is 2.23. The largest absolute Gasteiger partial charge is 0.479 e. The number of carboxylic acid groups (broad SMARTS) is 1. The van der Waals surface area contributed by atoms with E-state index in [1.54, 1.807) is 0 Å². The summed E-state index contributed by atoms with van der Waals surface area (Å²) in [5.74, 6) is -0.581. The summed E-state index contributed by atoms with van der Waals surface area (Å²) in [5.41, 5.74) is -2.23. The minimum absolute atomic E-state index is 0.0202. The van der Waals surface area contributed by atoms with Crippen LogP contribution in [0.3, 0.4) is 0 Å². The minimum atomic E-state index is -4.54. The van der Waals surface area contributed by atoms with Crippen molar-refractivity contribution in [1.82, 2.24) is 10.3 Å². The van der Waals surface area contributed by atoms with E-state index in [2.05, 4.69) is 15.6 Å². The number of anilines is 1. The summed E-state index contributed by atoms with van der Waals surface area (Å²) in [5, 5.41) is 14.2. The van der Waals surface area contributed by atoms with Crippen LogP contribution in [0.15, 0.2) is 12.3 Å². The van der Waals surface area contributed by atoms with E-state index in [1.807, 2.05) is 0 Å². The van der Waals surface area contributed by atoms with E-state index in [0.29, 0.717) is 24.1 Å². The van der Waals surface area contributed by atoms with Crippen LogP contribution >= 0.6 is 23.4 Å². The molecule has 0 saturated carbocycles. The van der Waals surface area contributed by atoms with E-state index in [9.17, 15) is 27.9 Å². The molecule has 1 unspecified atom stereocenters. The molecule has 6 nitrogen and oxygen atoms in total. The normalized spacial score (nSPS) is 20.3. The lowest BCUT2D eigenvalue weighted by Gasteiger charge is -2.24. The number of hydrogen-bond donors (Lipinski definition) is 3. The first kappa shape index (κ1) is 19.6. The minimum Gasteiger partial charge on any atom is -0.479 e. The zero-order valence-corrected chi connectivity index (χ0v) is 14.4. The fraction of sp³-hybridized carbons (Fsp3) is 0.500. The molecule has 1 amide bonds. The van der Waals surface area contributed by atoms with Gasteiger partial charge in [-0.2, -0.15) is 24.9 Å². The second kappa shape index (κ2) is 7.69. The van der Waals surface area contributed by atoms with Crippen LogP contribution in [0.25, 0.3) is 0 Å². The standard InChI is InChI=1S/C14H15ClF3N3O3S/c15-9-5-8(14(16,17)18)6-20-11(9)19-3-1-10(22)21-13(12(23)24)2-4-25-7-13/h5-6H,1-4,7H2,(H,19,20)(H,21,22)(H,23,24). The Balaban J connectivity index is 1.88. The summed E-state index contributed by atoms with van der Waals surface area (Å²) in [6.45, 7) is 0.0484. The molecule has 0 bridgehead atoms. The number of halogens is 4. The molecule has 1 fully saturated rings. The first-order chi connectivity index (χ1) is 11.6. The fourth-order valence-corrected chi connectivity index (χ4v) is 3.79. The van der Waals surface area contributed by atoms with Gasteiger partial charge < -0.3 is 15.7 Å². The molecular weight excluding hydrogens is 383 g/mol. The Bertz CT molecular complexity index is 666. The second-order valence-electron chi connectivity index (χ2n) is 5.47. The van der Waals surface area contributed by atoms with Crippen LogP contribution in [0.5, 0.6) is 0 Å². The molecule has 2 heterocycles. The van der Waals surface area contributed by atoms with Gasteiger partial charge in [0.05, 0.1) is 10.6 Å². The van der Waals surface area contributed by atoms with Crippen LogP contribution in [0.4, 0.5) is 19.0 Å². The summed E-state index contributed by atoms with van der Waals surface area (Å²) in [7, 11) is 0. The molecule has 1 aliphatic rings. The van der Waals surface area contributed by atoms with Crippen molar-refractivity contribution in [1.29, 1.82) is 0 Å². The number of aliphatic carboxylic acids is 1. The number of pyridine rings is 1. The maximum atomic E-state index is 12.5. The van der Waals surface area contributed by atoms with Crippen LogP contribution in [-0.4, -0.2) is 45.6 Å². The summed E-state index contributed by atoms with van der Waals surface area (Å²) in [4.78, 5) is 26.9. The van der Waals surface area contributed by atoms with E-state index in [4.69, 9.17) is 11.6 Å². The van der Waals surface area contributed by atoms with Crippen molar-refractivity contribution in [3.63, 3.8) is 0 Å². The summed E-state index contributed by atoms with van der Waals surface area (Å²) in [6.07, 6.45) is -3.62. The molecule has 1 saturated heterocycles. The predicted molar refractivity (Wildman–Crippen MR) is 87.8 cm³/mol. The number of amides is 1. The Hall–Kier alpha value is -1.68. The first-order valence-corrected chi connectivity index (χ1v) is 8.76. The van der Waals surface area contributed by atoms with Gasteiger partial charge in [-0.15, -0.1) is 0 Å². The zero-order chi connectivity index (χ0) is 18.7. The maximum Gasteiger partial charge on any atom is 0.417 e. The molecule has 1 atom stereocenters. The Morgan fingerprint density at radius 1 is 1.44 bits per heavy atom. The van der Waals surface area contributed by atoms with Gasteiger partial charge in [-0.1, -0.05) is 11.6 Å². The highest BCUT2D eigenvalue weighted by Crippen LogP contribution is 2.32. The third-order valence-corrected chi connectivity index (χ3v) is 5.10. The average Bonchev–Trinajstić information content (AvgIpc) is 2.97. The van der Waals surface area contributed by atoms with Crippen molar-refractivity contribution in [2.45, 2.75) is 24.6 Å². The van der Waals surface area contributed by atoms with Crippen LogP contribution in [-0.2, 0) is 15.8 Å². The van der Waals surface area contributed by atoms with Gasteiger partial charge in [0, 0.05) is 24.9 Å². The molecule has 0 radical (unpaired) electrons. The van der Waals surface area contributed by atoms with Gasteiger partial charge in [-0.25, -0.2) is 9.78 Å². The molecule has 0 aliphatic carbocycles. The number of carboxylic acids is 1. The van der Waals surface area contributed by atoms with Gasteiger partial charge in [0.2, 0.25) is 5.91 Å². The average molecular weight is 398 g/mol. The number of aromatic nitrogens is 1. The van der Waals surface area contributed by atoms with Crippen LogP contribution < -0.4 is 10.6 Å². The molecule has 11 heteroatoms. The molecule has 0 aromatic carbocycles. The van der Waals surface area contributed by atoms with Crippen LogP contribution in [0, 0.1) is 0 Å². The third-order valence-electron chi connectivity index (χ3n) is 3.62. The lowest BCUT2D eigenvalue weighted by molar-refractivity contribution is -0.146. The molecule has 2 rings (SSSR count). The molecule has 0 spiro atoms. The quantitative estimate of drug-likeness (QED) is 0.683. The maximum absolute atomic E-state index is 12.5. The highest BCUT2D eigenvalue weighted by molar-refractivity contribution is 7.99. The van der Waals surface area contributed by atoms with Gasteiger partial charge in [-0.05, 0) is 18.2 Å². The van der Waals surface area contributed by atoms with Gasteiger partial charge >= 0.3 is 12.1 Å². The molecular formula is C14H15ClF3N3O3S. The van der Waals surface area contributed by atoms with Gasteiger partial charge in [0.25, 0.3) is 0 Å². The highest BCUT2D eigenvalue weighted by Gasteiger charge is 2.43. The topological polar surface area (TPSA) is 91.3 Å². The molecule has 25 heavy (non-hydrogen) atoms. The molecule has 1 aromatic heterocycles. The Labute approximate surface area is 150 Å². The Morgan fingerprint density at radius 3 is 2.68 bits per heavy atom. The predicted octanol–water partition coefficient (Wildman–Crippen LogP) is 2.63. The third kappa shape index (κ3) is 4.91. The number of carbonyl (C=O) groups is 2. The van der Waals surface area contributed by atoms with Gasteiger partial charge in [0.15, 0.2) is 0 Å². The van der Waals surface area contributed by atoms with E-state index < -0.39 is 29.2 Å². The summed E-state index contributed by atoms with van der Waals surface area (Å²) in [6, 6.07) is 0.742. The van der Waals surface area contributed by atoms with E-state index in [-0.39, 0.29) is 23.8 Å². The van der Waals surface area contributed by atoms with Crippen LogP contribution in [0.1, 0.15) is 18.4 Å². The van der Waals surface area contributed by atoms with Gasteiger partial charge in [-0.3, -0.25) is 4.79 Å². The first-order valence-electron chi connectivity index (χ1n) is 7.23. The van der Waals surface area contributed by atoms with E-state index in [0.717, 1.165) is 6.07 Å².